The molecule has 1 heterocycles. The number of nitrogens with one attached hydrogen (secondary N) is 2. The van der Waals surface area contributed by atoms with Crippen LogP contribution in [0.15, 0.2) is 83.4 Å². The SMILES string of the molecule is C=CNN1C(/C(=C(\Cc2cccc(F)c2)C(=C)NC2=C(C(F)(F)F)CC(C)=C2)C2(C)CC2)CCC1(C)C. The van der Waals surface area contributed by atoms with E-state index in [1.807, 2.05) is 6.07 Å². The zero-order valence-corrected chi connectivity index (χ0v) is 22.2. The Morgan fingerprint density at radius 1 is 1.19 bits per heavy atom. The van der Waals surface area contributed by atoms with Gasteiger partial charge in [0, 0.05) is 29.6 Å². The van der Waals surface area contributed by atoms with E-state index in [9.17, 15) is 17.6 Å². The van der Waals surface area contributed by atoms with Crippen molar-refractivity contribution in [2.24, 2.45) is 5.41 Å². The van der Waals surface area contributed by atoms with Crippen LogP contribution in [0.1, 0.15) is 65.4 Å². The van der Waals surface area contributed by atoms with Crippen LogP contribution in [0.5, 0.6) is 0 Å². The Kier molecular flexibility index (Phi) is 7.23. The molecule has 2 fully saturated rings. The largest absolute Gasteiger partial charge is 0.414 e. The zero-order chi connectivity index (χ0) is 27.2. The number of hydrogen-bond donors (Lipinski definition) is 2. The molecule has 0 radical (unpaired) electrons. The monoisotopic (exact) mass is 515 g/mol. The van der Waals surface area contributed by atoms with Gasteiger partial charge in [0.05, 0.1) is 11.6 Å². The van der Waals surface area contributed by atoms with Crippen molar-refractivity contribution in [1.82, 2.24) is 15.8 Å². The highest BCUT2D eigenvalue weighted by Gasteiger charge is 2.51. The highest BCUT2D eigenvalue weighted by molar-refractivity contribution is 5.49. The Hall–Kier alpha value is -2.80. The maximum absolute atomic E-state index is 14.2. The average molecular weight is 516 g/mol. The molecule has 0 aromatic heterocycles. The summed E-state index contributed by atoms with van der Waals surface area (Å²) < 4.78 is 55.6. The number of halogens is 4. The number of rotatable bonds is 9. The van der Waals surface area contributed by atoms with Gasteiger partial charge < -0.3 is 10.7 Å². The summed E-state index contributed by atoms with van der Waals surface area (Å²) in [5.74, 6) is -0.344. The van der Waals surface area contributed by atoms with E-state index >= 15 is 0 Å². The molecular weight excluding hydrogens is 478 g/mol. The van der Waals surface area contributed by atoms with Crippen molar-refractivity contribution in [2.75, 3.05) is 0 Å². The van der Waals surface area contributed by atoms with Crippen LogP contribution in [0.2, 0.25) is 0 Å². The second kappa shape index (κ2) is 9.82. The van der Waals surface area contributed by atoms with Gasteiger partial charge in [-0.2, -0.15) is 13.2 Å². The third kappa shape index (κ3) is 5.71. The van der Waals surface area contributed by atoms with Gasteiger partial charge in [0.2, 0.25) is 0 Å². The second-order valence-corrected chi connectivity index (χ2v) is 11.5. The quantitative estimate of drug-likeness (QED) is 0.262. The molecule has 1 saturated heterocycles. The van der Waals surface area contributed by atoms with E-state index in [2.05, 4.69) is 49.7 Å². The van der Waals surface area contributed by atoms with E-state index in [4.69, 9.17) is 0 Å². The van der Waals surface area contributed by atoms with E-state index < -0.39 is 11.7 Å². The molecule has 1 atom stereocenters. The van der Waals surface area contributed by atoms with Crippen LogP contribution in [-0.4, -0.2) is 22.8 Å². The fourth-order valence-corrected chi connectivity index (χ4v) is 5.80. The summed E-state index contributed by atoms with van der Waals surface area (Å²) >= 11 is 0. The molecule has 1 aromatic rings. The molecule has 7 heteroatoms. The topological polar surface area (TPSA) is 27.3 Å². The van der Waals surface area contributed by atoms with Gasteiger partial charge in [-0.25, -0.2) is 9.40 Å². The van der Waals surface area contributed by atoms with Crippen molar-refractivity contribution in [3.63, 3.8) is 0 Å². The van der Waals surface area contributed by atoms with Crippen molar-refractivity contribution >= 4 is 0 Å². The molecule has 1 unspecified atom stereocenters. The first-order chi connectivity index (χ1) is 17.2. The van der Waals surface area contributed by atoms with Gasteiger partial charge in [0.1, 0.15) is 5.82 Å². The molecule has 4 rings (SSSR count). The first kappa shape index (κ1) is 27.2. The molecule has 1 aliphatic heterocycles. The fourth-order valence-electron chi connectivity index (χ4n) is 5.80. The molecule has 0 amide bonds. The Morgan fingerprint density at radius 3 is 2.49 bits per heavy atom. The Balaban J connectivity index is 1.84. The number of alkyl halides is 3. The smallest absolute Gasteiger partial charge is 0.356 e. The molecule has 200 valence electrons. The van der Waals surface area contributed by atoms with E-state index in [1.165, 1.54) is 12.1 Å². The van der Waals surface area contributed by atoms with Crippen LogP contribution >= 0.6 is 0 Å². The molecular formula is C30H37F4N3. The lowest BCUT2D eigenvalue weighted by atomic mass is 9.82. The van der Waals surface area contributed by atoms with Crippen LogP contribution in [0.3, 0.4) is 0 Å². The summed E-state index contributed by atoms with van der Waals surface area (Å²) in [6.07, 6.45) is 2.80. The molecule has 3 aliphatic rings. The predicted molar refractivity (Wildman–Crippen MR) is 140 cm³/mol. The van der Waals surface area contributed by atoms with Crippen LogP contribution < -0.4 is 10.7 Å². The first-order valence-electron chi connectivity index (χ1n) is 12.8. The van der Waals surface area contributed by atoms with Gasteiger partial charge in [-0.3, -0.25) is 0 Å². The Morgan fingerprint density at radius 2 is 1.89 bits per heavy atom. The molecule has 2 N–H and O–H groups in total. The Labute approximate surface area is 217 Å². The van der Waals surface area contributed by atoms with Gasteiger partial charge in [0.15, 0.2) is 0 Å². The normalized spacial score (nSPS) is 23.5. The summed E-state index contributed by atoms with van der Waals surface area (Å²) in [7, 11) is 0. The van der Waals surface area contributed by atoms with Crippen molar-refractivity contribution in [1.29, 1.82) is 0 Å². The lowest BCUT2D eigenvalue weighted by Gasteiger charge is -2.39. The molecule has 0 spiro atoms. The van der Waals surface area contributed by atoms with Gasteiger partial charge in [-0.05, 0) is 93.2 Å². The van der Waals surface area contributed by atoms with Gasteiger partial charge in [-0.15, -0.1) is 0 Å². The third-order valence-electron chi connectivity index (χ3n) is 7.97. The highest BCUT2D eigenvalue weighted by atomic mass is 19.4. The van der Waals surface area contributed by atoms with Gasteiger partial charge in [-0.1, -0.05) is 37.8 Å². The third-order valence-corrected chi connectivity index (χ3v) is 7.97. The van der Waals surface area contributed by atoms with Crippen molar-refractivity contribution in [3.8, 4) is 0 Å². The summed E-state index contributed by atoms with van der Waals surface area (Å²) in [5, 5.41) is 5.26. The average Bonchev–Trinajstić information content (AvgIpc) is 3.31. The number of hydrazine groups is 1. The van der Waals surface area contributed by atoms with Gasteiger partial charge in [0.25, 0.3) is 0 Å². The number of nitrogens with zero attached hydrogens (tertiary/aromatic N) is 1. The van der Waals surface area contributed by atoms with Gasteiger partial charge >= 0.3 is 6.18 Å². The predicted octanol–water partition coefficient (Wildman–Crippen LogP) is 7.63. The number of allylic oxidation sites excluding steroid dienone is 4. The molecule has 1 aromatic carbocycles. The van der Waals surface area contributed by atoms with Crippen LogP contribution in [0, 0.1) is 11.2 Å². The molecule has 2 aliphatic carbocycles. The molecule has 3 nitrogen and oxygen atoms in total. The fraction of sp³-hybridized carbons (Fsp3) is 0.467. The minimum absolute atomic E-state index is 0.000434. The standard InChI is InChI=1S/C30H37F4N3/c1-7-35-37-26(11-12-28(37,4)5)27(29(6)13-14-29)23(18-21-9-8-10-22(31)17-21)20(3)36-25-16-19(2)15-24(25)30(32,33)34/h7-10,16-17,26,35-36H,1,3,11-15,18H2,2,4-6H3/b27-23-. The van der Waals surface area contributed by atoms with E-state index in [1.54, 1.807) is 25.3 Å². The molecule has 1 saturated carbocycles. The van der Waals surface area contributed by atoms with Crippen LogP contribution in [-0.2, 0) is 6.42 Å². The Bertz CT molecular complexity index is 1180. The van der Waals surface area contributed by atoms with Crippen LogP contribution in [0.4, 0.5) is 17.6 Å². The number of hydrogen-bond acceptors (Lipinski definition) is 3. The lowest BCUT2D eigenvalue weighted by molar-refractivity contribution is -0.0935. The van der Waals surface area contributed by atoms with Crippen LogP contribution in [0.25, 0.3) is 0 Å². The second-order valence-electron chi connectivity index (χ2n) is 11.5. The van der Waals surface area contributed by atoms with E-state index in [-0.39, 0.29) is 34.9 Å². The van der Waals surface area contributed by atoms with Crippen molar-refractivity contribution in [2.45, 2.75) is 84.0 Å². The molecule has 37 heavy (non-hydrogen) atoms. The lowest BCUT2D eigenvalue weighted by Crippen LogP contribution is -2.51. The van der Waals surface area contributed by atoms with Crippen molar-refractivity contribution < 1.29 is 17.6 Å². The summed E-state index contributed by atoms with van der Waals surface area (Å²) in [6, 6.07) is 6.39. The summed E-state index contributed by atoms with van der Waals surface area (Å²) in [5.41, 5.74) is 6.34. The molecule has 0 bridgehead atoms. The maximum Gasteiger partial charge on any atom is 0.414 e. The van der Waals surface area contributed by atoms with E-state index in [0.29, 0.717) is 17.7 Å². The minimum Gasteiger partial charge on any atom is -0.356 e. The maximum atomic E-state index is 14.2. The number of benzene rings is 1. The minimum atomic E-state index is -4.44. The first-order valence-corrected chi connectivity index (χ1v) is 12.8. The zero-order valence-electron chi connectivity index (χ0n) is 22.2. The summed E-state index contributed by atoms with van der Waals surface area (Å²) in [6.45, 7) is 16.4. The highest BCUT2D eigenvalue weighted by Crippen LogP contribution is 2.57. The van der Waals surface area contributed by atoms with E-state index in [0.717, 1.165) is 42.4 Å². The summed E-state index contributed by atoms with van der Waals surface area (Å²) in [4.78, 5) is 0. The van der Waals surface area contributed by atoms with Crippen molar-refractivity contribution in [3.05, 3.63) is 94.8 Å².